The Labute approximate surface area is 264 Å². The van der Waals surface area contributed by atoms with Crippen LogP contribution in [0.4, 0.5) is 26.3 Å². The molecule has 0 aliphatic carbocycles. The van der Waals surface area contributed by atoms with Gasteiger partial charge in [-0.3, -0.25) is 0 Å². The molecule has 7 rings (SSSR count). The van der Waals surface area contributed by atoms with Gasteiger partial charge in [0, 0.05) is 21.5 Å². The molecule has 14 heteroatoms. The van der Waals surface area contributed by atoms with Gasteiger partial charge < -0.3 is 9.47 Å². The second-order valence-electron chi connectivity index (χ2n) is 10.4. The van der Waals surface area contributed by atoms with E-state index in [9.17, 15) is 36.9 Å². The van der Waals surface area contributed by atoms with Crippen LogP contribution in [0.25, 0.3) is 65.9 Å². The fourth-order valence-electron chi connectivity index (χ4n) is 5.67. The highest BCUT2D eigenvalue weighted by atomic mass is 19.4. The van der Waals surface area contributed by atoms with Gasteiger partial charge in [-0.15, -0.1) is 26.3 Å². The number of nitrogens with zero attached hydrogens (tertiary/aromatic N) is 6. The molecule has 0 bridgehead atoms. The van der Waals surface area contributed by atoms with E-state index in [0.29, 0.717) is 65.9 Å². The highest BCUT2D eigenvalue weighted by Crippen LogP contribution is 2.34. The Bertz CT molecular complexity index is 2420. The Hall–Kier alpha value is -6.54. The molecule has 7 aromatic rings. The van der Waals surface area contributed by atoms with Crippen LogP contribution < -0.4 is 20.2 Å². The van der Waals surface area contributed by atoms with E-state index in [1.54, 1.807) is 48.8 Å². The minimum absolute atomic E-state index is 0.238. The number of hydrogen-bond acceptors (Lipinski definition) is 8. The number of alkyl halides is 6. The third-order valence-electron chi connectivity index (χ3n) is 7.57. The van der Waals surface area contributed by atoms with Gasteiger partial charge >= 0.3 is 12.7 Å². The molecule has 0 unspecified atom stereocenters. The molecule has 0 amide bonds. The number of fused-ring (bicyclic) bond motifs is 6. The molecule has 0 atom stereocenters. The van der Waals surface area contributed by atoms with E-state index in [-0.39, 0.29) is 22.2 Å². The zero-order valence-corrected chi connectivity index (χ0v) is 23.9. The first-order valence-corrected chi connectivity index (χ1v) is 13.8. The Morgan fingerprint density at radius 3 is 1.17 bits per heavy atom. The van der Waals surface area contributed by atoms with Crippen LogP contribution in [-0.4, -0.2) is 22.7 Å². The molecule has 0 N–H and O–H groups in total. The van der Waals surface area contributed by atoms with Crippen LogP contribution >= 0.6 is 0 Å². The molecule has 0 spiro atoms. The monoisotopic (exact) mass is 652 g/mol. The summed E-state index contributed by atoms with van der Waals surface area (Å²) in [6.45, 7) is 0. The number of hydrogen-bond donors (Lipinski definition) is 0. The fourth-order valence-corrected chi connectivity index (χ4v) is 5.67. The summed E-state index contributed by atoms with van der Waals surface area (Å²) in [5.74, 6) is -0.740. The Kier molecular flexibility index (Phi) is 6.95. The third-order valence-corrected chi connectivity index (χ3v) is 7.57. The third kappa shape index (κ3) is 5.45. The average molecular weight is 653 g/mol. The summed E-state index contributed by atoms with van der Waals surface area (Å²) in [6, 6.07) is 21.1. The van der Waals surface area contributed by atoms with E-state index >= 15 is 0 Å². The van der Waals surface area contributed by atoms with Crippen molar-refractivity contribution in [1.29, 1.82) is 10.5 Å². The minimum Gasteiger partial charge on any atom is -0.406 e. The summed E-state index contributed by atoms with van der Waals surface area (Å²) in [6.07, 6.45) is -6.06. The molecule has 0 saturated carbocycles. The molecule has 234 valence electrons. The molecule has 1 heterocycles. The second-order valence-corrected chi connectivity index (χ2v) is 10.4. The molecule has 0 radical (unpaired) electrons. The van der Waals surface area contributed by atoms with Crippen molar-refractivity contribution in [3.8, 4) is 46.1 Å². The maximum Gasteiger partial charge on any atom is 0.573 e. The summed E-state index contributed by atoms with van der Waals surface area (Å²) < 4.78 is 83.6. The van der Waals surface area contributed by atoms with Gasteiger partial charge in [-0.25, -0.2) is 9.97 Å². The molecule has 0 saturated heterocycles. The summed E-state index contributed by atoms with van der Waals surface area (Å²) in [4.78, 5) is 17.7. The van der Waals surface area contributed by atoms with Gasteiger partial charge in [-0.05, 0) is 58.7 Å². The first-order chi connectivity index (χ1) is 22.9. The molecule has 6 aromatic carbocycles. The molecule has 0 aliphatic rings. The fraction of sp³-hybridized carbons (Fsp3) is 0.0588. The lowest BCUT2D eigenvalue weighted by atomic mass is 10.0. The van der Waals surface area contributed by atoms with Gasteiger partial charge in [0.2, 0.25) is 12.4 Å². The summed E-state index contributed by atoms with van der Waals surface area (Å²) in [7, 11) is 0. The maximum atomic E-state index is 12.6. The lowest BCUT2D eigenvalue weighted by Crippen LogP contribution is -2.16. The normalized spacial score (nSPS) is 13.0. The van der Waals surface area contributed by atoms with Crippen molar-refractivity contribution in [2.75, 3.05) is 0 Å². The quantitative estimate of drug-likeness (QED) is 0.141. The van der Waals surface area contributed by atoms with Gasteiger partial charge in [-0.2, -0.15) is 20.5 Å². The number of benzene rings is 4. The van der Waals surface area contributed by atoms with Crippen LogP contribution in [0.15, 0.2) is 94.9 Å². The second kappa shape index (κ2) is 11.1. The van der Waals surface area contributed by atoms with E-state index in [2.05, 4.69) is 19.5 Å². The van der Waals surface area contributed by atoms with E-state index in [4.69, 9.17) is 9.97 Å². The van der Waals surface area contributed by atoms with Crippen LogP contribution in [0.1, 0.15) is 0 Å². The topological polar surface area (TPSA) is 117 Å². The molecule has 0 fully saturated rings. The zero-order valence-electron chi connectivity index (χ0n) is 23.9. The highest BCUT2D eigenvalue weighted by Gasteiger charge is 2.31. The largest absolute Gasteiger partial charge is 0.573 e. The predicted octanol–water partition coefficient (Wildman–Crippen LogP) is 7.86. The molecular weight excluding hydrogens is 638 g/mol. The van der Waals surface area contributed by atoms with Crippen molar-refractivity contribution >= 4 is 43.6 Å². The maximum absolute atomic E-state index is 12.6. The van der Waals surface area contributed by atoms with Gasteiger partial charge in [0.15, 0.2) is 0 Å². The number of rotatable bonds is 4. The lowest BCUT2D eigenvalue weighted by Gasteiger charge is -2.09. The van der Waals surface area contributed by atoms with Crippen molar-refractivity contribution in [3.05, 3.63) is 95.6 Å². The predicted molar refractivity (Wildman–Crippen MR) is 161 cm³/mol. The van der Waals surface area contributed by atoms with E-state index < -0.39 is 12.7 Å². The number of halogens is 6. The molecule has 8 nitrogen and oxygen atoms in total. The number of aromatic nitrogens is 2. The smallest absolute Gasteiger partial charge is 0.406 e. The number of nitriles is 2. The van der Waals surface area contributed by atoms with E-state index in [1.165, 1.54) is 48.5 Å². The highest BCUT2D eigenvalue weighted by molar-refractivity contribution is 6.15. The van der Waals surface area contributed by atoms with Crippen LogP contribution in [0, 0.1) is 22.9 Å². The molecule has 1 aromatic heterocycles. The first kappa shape index (κ1) is 30.1. The van der Waals surface area contributed by atoms with Crippen molar-refractivity contribution in [2.24, 2.45) is 9.98 Å². The van der Waals surface area contributed by atoms with Crippen LogP contribution in [0.3, 0.4) is 0 Å². The van der Waals surface area contributed by atoms with Crippen LogP contribution in [0.2, 0.25) is 0 Å². The van der Waals surface area contributed by atoms with Crippen molar-refractivity contribution in [3.63, 3.8) is 0 Å². The van der Waals surface area contributed by atoms with Gasteiger partial charge in [0.1, 0.15) is 33.2 Å². The lowest BCUT2D eigenvalue weighted by molar-refractivity contribution is -0.275. The van der Waals surface area contributed by atoms with Crippen molar-refractivity contribution in [1.82, 2.24) is 9.97 Å². The van der Waals surface area contributed by atoms with Gasteiger partial charge in [-0.1, -0.05) is 48.5 Å². The van der Waals surface area contributed by atoms with Crippen LogP contribution in [-0.2, 0) is 0 Å². The zero-order chi connectivity index (χ0) is 33.8. The van der Waals surface area contributed by atoms with E-state index in [1.807, 2.05) is 0 Å². The minimum atomic E-state index is -4.82. The van der Waals surface area contributed by atoms with Crippen molar-refractivity contribution in [2.45, 2.75) is 12.7 Å². The Morgan fingerprint density at radius 1 is 0.479 bits per heavy atom. The molecular formula is C34H14F6N6O2. The van der Waals surface area contributed by atoms with Crippen LogP contribution in [0.5, 0.6) is 11.5 Å². The Balaban J connectivity index is 1.38. The van der Waals surface area contributed by atoms with Crippen molar-refractivity contribution < 1.29 is 35.8 Å². The summed E-state index contributed by atoms with van der Waals surface area (Å²) >= 11 is 0. The SMILES string of the molecule is N#C/N=c1\c2cc(-c3ccc(OC(F)(F)F)cc3)ccc2c2nc3/c(=N/C#N)c4cc(-c5ccc(OC(F)(F)F)cc5)ccc4c3nc12. The summed E-state index contributed by atoms with van der Waals surface area (Å²) in [5.41, 5.74) is 3.81. The number of ether oxygens (including phenoxy) is 2. The first-order valence-electron chi connectivity index (χ1n) is 13.8. The van der Waals surface area contributed by atoms with Gasteiger partial charge in [0.05, 0.1) is 11.0 Å². The Morgan fingerprint density at radius 2 is 0.833 bits per heavy atom. The molecule has 0 aliphatic heterocycles. The summed E-state index contributed by atoms with van der Waals surface area (Å²) in [5, 5.41) is 21.8. The van der Waals surface area contributed by atoms with E-state index in [0.717, 1.165) is 0 Å². The standard InChI is InChI=1S/C34H14F6N6O2/c35-33(36,37)47-21-7-1-17(2-8-21)19-5-11-23-25(13-19)27(43-15-41)31-29(23)45-32-28(44-16-42)26-14-20(6-12-24(26)30(32)46-31)18-3-9-22(10-4-18)48-34(38,39)40/h1-14H/b43-27+,44-28+. The average Bonchev–Trinajstić information content (AvgIpc) is 3.50. The molecule has 48 heavy (non-hydrogen) atoms. The van der Waals surface area contributed by atoms with Gasteiger partial charge in [0.25, 0.3) is 0 Å².